The molecule has 7 nitrogen and oxygen atoms in total. The van der Waals surface area contributed by atoms with Crippen molar-refractivity contribution in [2.75, 3.05) is 39.8 Å². The maximum atomic E-state index is 5.56. The third-order valence-corrected chi connectivity index (χ3v) is 2.17. The van der Waals surface area contributed by atoms with Gasteiger partial charge in [0.2, 0.25) is 5.88 Å². The molecular weight excluding hydrogens is 234 g/mol. The van der Waals surface area contributed by atoms with Crippen LogP contribution in [0.5, 0.6) is 5.88 Å². The Morgan fingerprint density at radius 3 is 2.78 bits per heavy atom. The maximum Gasteiger partial charge on any atom is 0.218 e. The van der Waals surface area contributed by atoms with Gasteiger partial charge in [0.25, 0.3) is 0 Å². The fraction of sp³-hybridized carbons (Fsp3) is 0.636. The lowest BCUT2D eigenvalue weighted by atomic mass is 10.4. The van der Waals surface area contributed by atoms with E-state index in [2.05, 4.69) is 20.3 Å². The monoisotopic (exact) mass is 255 g/mol. The summed E-state index contributed by atoms with van der Waals surface area (Å²) in [6.07, 6.45) is 0.933. The zero-order valence-corrected chi connectivity index (χ0v) is 11.1. The van der Waals surface area contributed by atoms with Crippen LogP contribution in [0.3, 0.4) is 0 Å². The first-order valence-electron chi connectivity index (χ1n) is 5.76. The topological polar surface area (TPSA) is 85.5 Å². The Labute approximate surface area is 107 Å². The van der Waals surface area contributed by atoms with Crippen LogP contribution in [0.1, 0.15) is 12.2 Å². The van der Waals surface area contributed by atoms with Gasteiger partial charge >= 0.3 is 0 Å². The third-order valence-electron chi connectivity index (χ3n) is 2.17. The molecular formula is C11H21N5O2. The Kier molecular flexibility index (Phi) is 6.34. The molecule has 0 amide bonds. The normalized spacial score (nSPS) is 10.7. The highest BCUT2D eigenvalue weighted by atomic mass is 16.5. The molecule has 0 atom stereocenters. The zero-order chi connectivity index (χ0) is 13.4. The van der Waals surface area contributed by atoms with Crippen molar-refractivity contribution in [3.63, 3.8) is 0 Å². The number of hydrogen-bond acceptors (Lipinski definition) is 7. The smallest absolute Gasteiger partial charge is 0.218 e. The van der Waals surface area contributed by atoms with Crippen LogP contribution in [-0.2, 0) is 11.3 Å². The Balaban J connectivity index is 2.55. The van der Waals surface area contributed by atoms with Crippen molar-refractivity contribution < 1.29 is 9.47 Å². The van der Waals surface area contributed by atoms with Crippen LogP contribution in [0.2, 0.25) is 0 Å². The summed E-state index contributed by atoms with van der Waals surface area (Å²) >= 11 is 0. The van der Waals surface area contributed by atoms with E-state index in [0.717, 1.165) is 13.0 Å². The SMILES string of the molecule is COCc1nc(NN)cc(OCCCN(C)C)n1. The number of rotatable bonds is 8. The number of nitrogen functional groups attached to an aromatic ring is 1. The number of hydrogen-bond donors (Lipinski definition) is 2. The zero-order valence-electron chi connectivity index (χ0n) is 11.1. The number of nitrogens with one attached hydrogen (secondary N) is 1. The highest BCUT2D eigenvalue weighted by Crippen LogP contribution is 2.13. The lowest BCUT2D eigenvalue weighted by molar-refractivity contribution is 0.176. The van der Waals surface area contributed by atoms with Gasteiger partial charge in [-0.05, 0) is 20.5 Å². The molecule has 1 aromatic rings. The number of nitrogens with zero attached hydrogens (tertiary/aromatic N) is 3. The van der Waals surface area contributed by atoms with Gasteiger partial charge in [-0.25, -0.2) is 10.8 Å². The minimum Gasteiger partial charge on any atom is -0.477 e. The highest BCUT2D eigenvalue weighted by molar-refractivity contribution is 5.36. The van der Waals surface area contributed by atoms with Crippen LogP contribution < -0.4 is 16.0 Å². The second-order valence-electron chi connectivity index (χ2n) is 4.09. The molecule has 0 radical (unpaired) electrons. The van der Waals surface area contributed by atoms with E-state index in [4.69, 9.17) is 15.3 Å². The number of nitrogens with two attached hydrogens (primary N) is 1. The fourth-order valence-corrected chi connectivity index (χ4v) is 1.37. The minimum absolute atomic E-state index is 0.323. The molecule has 1 heterocycles. The Hall–Kier alpha value is -1.44. The molecule has 0 fully saturated rings. The van der Waals surface area contributed by atoms with E-state index in [1.165, 1.54) is 0 Å². The second-order valence-corrected chi connectivity index (χ2v) is 4.09. The van der Waals surface area contributed by atoms with Crippen LogP contribution in [0.25, 0.3) is 0 Å². The van der Waals surface area contributed by atoms with E-state index in [0.29, 0.717) is 30.7 Å². The van der Waals surface area contributed by atoms with E-state index in [9.17, 15) is 0 Å². The van der Waals surface area contributed by atoms with Crippen molar-refractivity contribution >= 4 is 5.82 Å². The van der Waals surface area contributed by atoms with Crippen LogP contribution in [0.4, 0.5) is 5.82 Å². The predicted octanol–water partition coefficient (Wildman–Crippen LogP) is 0.239. The lowest BCUT2D eigenvalue weighted by Gasteiger charge is -2.11. The molecule has 0 saturated carbocycles. The third kappa shape index (κ3) is 5.26. The van der Waals surface area contributed by atoms with Crippen LogP contribution >= 0.6 is 0 Å². The number of anilines is 1. The molecule has 18 heavy (non-hydrogen) atoms. The molecule has 1 rings (SSSR count). The van der Waals surface area contributed by atoms with Gasteiger partial charge in [-0.3, -0.25) is 0 Å². The van der Waals surface area contributed by atoms with Crippen LogP contribution in [0, 0.1) is 0 Å². The molecule has 3 N–H and O–H groups in total. The van der Waals surface area contributed by atoms with Gasteiger partial charge in [0.1, 0.15) is 12.4 Å². The molecule has 0 bridgehead atoms. The summed E-state index contributed by atoms with van der Waals surface area (Å²) in [5, 5.41) is 0. The summed E-state index contributed by atoms with van der Waals surface area (Å²) in [6, 6.07) is 1.66. The first kappa shape index (κ1) is 14.6. The summed E-state index contributed by atoms with van der Waals surface area (Å²) in [5.74, 6) is 6.89. The van der Waals surface area contributed by atoms with Crippen molar-refractivity contribution in [2.45, 2.75) is 13.0 Å². The van der Waals surface area contributed by atoms with Crippen molar-refractivity contribution in [2.24, 2.45) is 5.84 Å². The molecule has 0 aliphatic heterocycles. The molecule has 0 saturated heterocycles. The van der Waals surface area contributed by atoms with Gasteiger partial charge in [0, 0.05) is 19.7 Å². The maximum absolute atomic E-state index is 5.56. The molecule has 102 valence electrons. The van der Waals surface area contributed by atoms with Gasteiger partial charge in [-0.15, -0.1) is 0 Å². The van der Waals surface area contributed by atoms with Crippen molar-refractivity contribution in [3.8, 4) is 5.88 Å². The molecule has 0 aliphatic rings. The highest BCUT2D eigenvalue weighted by Gasteiger charge is 2.05. The first-order valence-corrected chi connectivity index (χ1v) is 5.76. The molecule has 0 spiro atoms. The molecule has 0 aromatic carbocycles. The summed E-state index contributed by atoms with van der Waals surface area (Å²) in [4.78, 5) is 10.5. The van der Waals surface area contributed by atoms with Crippen molar-refractivity contribution in [3.05, 3.63) is 11.9 Å². The number of ether oxygens (including phenoxy) is 2. The molecule has 0 unspecified atom stereocenters. The Morgan fingerprint density at radius 1 is 1.39 bits per heavy atom. The Bertz CT molecular complexity index is 359. The lowest BCUT2D eigenvalue weighted by Crippen LogP contribution is -2.16. The van der Waals surface area contributed by atoms with Crippen molar-refractivity contribution in [1.29, 1.82) is 0 Å². The Morgan fingerprint density at radius 2 is 2.17 bits per heavy atom. The largest absolute Gasteiger partial charge is 0.477 e. The van der Waals surface area contributed by atoms with Gasteiger partial charge in [-0.2, -0.15) is 4.98 Å². The second kappa shape index (κ2) is 7.80. The van der Waals surface area contributed by atoms with E-state index in [-0.39, 0.29) is 0 Å². The van der Waals surface area contributed by atoms with E-state index in [1.807, 2.05) is 14.1 Å². The predicted molar refractivity (Wildman–Crippen MR) is 69.2 cm³/mol. The molecule has 1 aromatic heterocycles. The van der Waals surface area contributed by atoms with Gasteiger partial charge in [0.05, 0.1) is 6.61 Å². The summed E-state index contributed by atoms with van der Waals surface area (Å²) in [7, 11) is 5.64. The van der Waals surface area contributed by atoms with E-state index in [1.54, 1.807) is 13.2 Å². The standard InChI is InChI=1S/C11H21N5O2/c1-16(2)5-4-6-18-11-7-9(15-12)13-10(14-11)8-17-3/h7H,4-6,8,12H2,1-3H3,(H,13,14,15). The molecule has 7 heteroatoms. The summed E-state index contributed by atoms with van der Waals surface area (Å²) in [5.41, 5.74) is 2.48. The van der Waals surface area contributed by atoms with Crippen LogP contribution in [-0.4, -0.2) is 49.2 Å². The summed E-state index contributed by atoms with van der Waals surface area (Å²) in [6.45, 7) is 1.90. The molecule has 0 aliphatic carbocycles. The van der Waals surface area contributed by atoms with Gasteiger partial charge in [-0.1, -0.05) is 0 Å². The average molecular weight is 255 g/mol. The number of methoxy groups -OCH3 is 1. The fourth-order valence-electron chi connectivity index (χ4n) is 1.37. The summed E-state index contributed by atoms with van der Waals surface area (Å²) < 4.78 is 10.5. The number of hydrazine groups is 1. The van der Waals surface area contributed by atoms with Crippen LogP contribution in [0.15, 0.2) is 6.07 Å². The van der Waals surface area contributed by atoms with E-state index < -0.39 is 0 Å². The minimum atomic E-state index is 0.323. The number of aromatic nitrogens is 2. The van der Waals surface area contributed by atoms with Gasteiger partial charge in [0.15, 0.2) is 5.82 Å². The quantitative estimate of drug-likeness (QED) is 0.391. The van der Waals surface area contributed by atoms with Crippen molar-refractivity contribution in [1.82, 2.24) is 14.9 Å². The van der Waals surface area contributed by atoms with E-state index >= 15 is 0 Å². The average Bonchev–Trinajstić information content (AvgIpc) is 2.34. The first-order chi connectivity index (χ1) is 8.65. The van der Waals surface area contributed by atoms with Gasteiger partial charge < -0.3 is 19.8 Å².